The van der Waals surface area contributed by atoms with Crippen molar-refractivity contribution in [3.05, 3.63) is 50.7 Å². The lowest BCUT2D eigenvalue weighted by Gasteiger charge is -2.07. The molecule has 2 rings (SSSR count). The van der Waals surface area contributed by atoms with Crippen molar-refractivity contribution in [3.8, 4) is 17.6 Å². The van der Waals surface area contributed by atoms with Gasteiger partial charge in [-0.3, -0.25) is 0 Å². The second-order valence-corrected chi connectivity index (χ2v) is 5.74. The average molecular weight is 306 g/mol. The molecular weight excluding hydrogens is 290 g/mol. The zero-order valence-corrected chi connectivity index (χ0v) is 12.9. The van der Waals surface area contributed by atoms with Crippen LogP contribution in [0.5, 0.6) is 5.75 Å². The third kappa shape index (κ3) is 4.01. The van der Waals surface area contributed by atoms with Gasteiger partial charge in [-0.05, 0) is 42.3 Å². The summed E-state index contributed by atoms with van der Waals surface area (Å²) in [7, 11) is 0. The number of thiophene rings is 1. The van der Waals surface area contributed by atoms with Gasteiger partial charge in [0.05, 0.1) is 11.4 Å². The lowest BCUT2D eigenvalue weighted by molar-refractivity contribution is 0.309. The smallest absolute Gasteiger partial charge is 0.122 e. The number of hydrogen-bond acceptors (Lipinski definition) is 3. The Balaban J connectivity index is 2.00. The van der Waals surface area contributed by atoms with Gasteiger partial charge in [-0.2, -0.15) is 0 Å². The fourth-order valence-electron chi connectivity index (χ4n) is 1.73. The lowest BCUT2D eigenvalue weighted by atomic mass is 10.1. The number of rotatable bonds is 4. The Labute approximate surface area is 128 Å². The van der Waals surface area contributed by atoms with Crippen LogP contribution in [-0.4, -0.2) is 6.54 Å². The van der Waals surface area contributed by atoms with Crippen LogP contribution >= 0.6 is 22.9 Å². The molecule has 4 heteroatoms. The van der Waals surface area contributed by atoms with E-state index in [2.05, 4.69) is 18.8 Å². The van der Waals surface area contributed by atoms with Crippen LogP contribution in [0.15, 0.2) is 30.3 Å². The number of benzene rings is 1. The molecule has 1 aromatic carbocycles. The molecule has 0 atom stereocenters. The van der Waals surface area contributed by atoms with E-state index in [1.54, 1.807) is 11.3 Å². The standard InChI is InChI=1S/C16H16ClNOS/c1-2-12-10-13(5-8-16(12)17)19-11-15-7-6-14(20-15)4-3-9-18/h5-8,10H,2,9,11,18H2,1H3. The average Bonchev–Trinajstić information content (AvgIpc) is 2.92. The quantitative estimate of drug-likeness (QED) is 0.871. The normalized spacial score (nSPS) is 9.95. The lowest BCUT2D eigenvalue weighted by Crippen LogP contribution is -1.94. The summed E-state index contributed by atoms with van der Waals surface area (Å²) in [4.78, 5) is 2.15. The van der Waals surface area contributed by atoms with Gasteiger partial charge in [-0.15, -0.1) is 11.3 Å². The Kier molecular flexibility index (Phi) is 5.49. The molecule has 0 saturated heterocycles. The first-order chi connectivity index (χ1) is 9.72. The van der Waals surface area contributed by atoms with E-state index in [1.807, 2.05) is 30.3 Å². The van der Waals surface area contributed by atoms with Crippen molar-refractivity contribution in [2.75, 3.05) is 6.54 Å². The molecule has 1 aromatic heterocycles. The first-order valence-electron chi connectivity index (χ1n) is 6.41. The van der Waals surface area contributed by atoms with Crippen LogP contribution in [0.25, 0.3) is 0 Å². The summed E-state index contributed by atoms with van der Waals surface area (Å²) < 4.78 is 5.79. The molecule has 2 nitrogen and oxygen atoms in total. The van der Waals surface area contributed by atoms with Crippen LogP contribution in [0.1, 0.15) is 22.2 Å². The Bertz CT molecular complexity index is 639. The molecule has 0 bridgehead atoms. The van der Waals surface area contributed by atoms with Crippen LogP contribution in [0.3, 0.4) is 0 Å². The molecule has 2 N–H and O–H groups in total. The van der Waals surface area contributed by atoms with Gasteiger partial charge in [0.15, 0.2) is 0 Å². The summed E-state index contributed by atoms with van der Waals surface area (Å²) in [5.74, 6) is 6.71. The molecule has 0 radical (unpaired) electrons. The summed E-state index contributed by atoms with van der Waals surface area (Å²) in [6, 6.07) is 9.78. The second-order valence-electron chi connectivity index (χ2n) is 4.17. The van der Waals surface area contributed by atoms with Crippen LogP contribution in [0.2, 0.25) is 5.02 Å². The fraction of sp³-hybridized carbons (Fsp3) is 0.250. The van der Waals surface area contributed by atoms with E-state index in [9.17, 15) is 0 Å². The van der Waals surface area contributed by atoms with E-state index < -0.39 is 0 Å². The van der Waals surface area contributed by atoms with Crippen molar-refractivity contribution >= 4 is 22.9 Å². The SMILES string of the molecule is CCc1cc(OCc2ccc(C#CCN)s2)ccc1Cl. The number of ether oxygens (including phenoxy) is 1. The Hall–Kier alpha value is -1.47. The third-order valence-corrected chi connectivity index (χ3v) is 4.10. The molecule has 0 fully saturated rings. The molecule has 0 spiro atoms. The summed E-state index contributed by atoms with van der Waals surface area (Å²) >= 11 is 7.71. The molecule has 2 aromatic rings. The number of hydrogen-bond donors (Lipinski definition) is 1. The monoisotopic (exact) mass is 305 g/mol. The minimum absolute atomic E-state index is 0.383. The van der Waals surface area contributed by atoms with Crippen molar-refractivity contribution in [1.82, 2.24) is 0 Å². The maximum Gasteiger partial charge on any atom is 0.122 e. The Morgan fingerprint density at radius 1 is 1.30 bits per heavy atom. The summed E-state index contributed by atoms with van der Waals surface area (Å²) in [6.45, 7) is 3.00. The molecule has 0 unspecified atom stereocenters. The number of aryl methyl sites for hydroxylation is 1. The van der Waals surface area contributed by atoms with E-state index in [0.717, 1.165) is 32.5 Å². The highest BCUT2D eigenvalue weighted by atomic mass is 35.5. The van der Waals surface area contributed by atoms with Gasteiger partial charge in [-0.1, -0.05) is 30.4 Å². The van der Waals surface area contributed by atoms with Crippen LogP contribution in [-0.2, 0) is 13.0 Å². The zero-order valence-electron chi connectivity index (χ0n) is 11.3. The molecule has 1 heterocycles. The van der Waals surface area contributed by atoms with Crippen molar-refractivity contribution in [1.29, 1.82) is 0 Å². The minimum atomic E-state index is 0.383. The molecule has 0 aliphatic heterocycles. The van der Waals surface area contributed by atoms with Gasteiger partial charge in [0.2, 0.25) is 0 Å². The summed E-state index contributed by atoms with van der Waals surface area (Å²) in [6.07, 6.45) is 0.897. The maximum atomic E-state index is 6.09. The topological polar surface area (TPSA) is 35.2 Å². The van der Waals surface area contributed by atoms with Gasteiger partial charge in [0.25, 0.3) is 0 Å². The Morgan fingerprint density at radius 3 is 2.90 bits per heavy atom. The molecule has 0 aliphatic carbocycles. The van der Waals surface area contributed by atoms with Gasteiger partial charge in [0, 0.05) is 9.90 Å². The van der Waals surface area contributed by atoms with E-state index >= 15 is 0 Å². The van der Waals surface area contributed by atoms with Crippen molar-refractivity contribution in [2.24, 2.45) is 5.73 Å². The van der Waals surface area contributed by atoms with Crippen molar-refractivity contribution in [2.45, 2.75) is 20.0 Å². The molecule has 0 saturated carbocycles. The van der Waals surface area contributed by atoms with Crippen LogP contribution < -0.4 is 10.5 Å². The first kappa shape index (κ1) is 14.9. The molecule has 0 aliphatic rings. The van der Waals surface area contributed by atoms with Gasteiger partial charge in [-0.25, -0.2) is 0 Å². The predicted molar refractivity (Wildman–Crippen MR) is 85.4 cm³/mol. The second kappa shape index (κ2) is 7.35. The maximum absolute atomic E-state index is 6.09. The molecule has 20 heavy (non-hydrogen) atoms. The van der Waals surface area contributed by atoms with E-state index in [-0.39, 0.29) is 0 Å². The molecular formula is C16H16ClNOS. The molecule has 0 amide bonds. The first-order valence-corrected chi connectivity index (χ1v) is 7.61. The number of nitrogens with two attached hydrogens (primary N) is 1. The summed E-state index contributed by atoms with van der Waals surface area (Å²) in [5.41, 5.74) is 6.45. The zero-order chi connectivity index (χ0) is 14.4. The number of halogens is 1. The minimum Gasteiger partial charge on any atom is -0.488 e. The third-order valence-electron chi connectivity index (χ3n) is 2.75. The van der Waals surface area contributed by atoms with E-state index in [1.165, 1.54) is 0 Å². The van der Waals surface area contributed by atoms with E-state index in [0.29, 0.717) is 13.2 Å². The van der Waals surface area contributed by atoms with Gasteiger partial charge >= 0.3 is 0 Å². The van der Waals surface area contributed by atoms with Crippen molar-refractivity contribution < 1.29 is 4.74 Å². The fourth-order valence-corrected chi connectivity index (χ4v) is 2.77. The highest BCUT2D eigenvalue weighted by Gasteiger charge is 2.03. The van der Waals surface area contributed by atoms with Crippen LogP contribution in [0.4, 0.5) is 0 Å². The van der Waals surface area contributed by atoms with Gasteiger partial charge < -0.3 is 10.5 Å². The highest BCUT2D eigenvalue weighted by Crippen LogP contribution is 2.24. The molecule has 104 valence electrons. The largest absolute Gasteiger partial charge is 0.488 e. The predicted octanol–water partition coefficient (Wildman–Crippen LogP) is 3.85. The summed E-state index contributed by atoms with van der Waals surface area (Å²) in [5, 5.41) is 0.787. The van der Waals surface area contributed by atoms with Gasteiger partial charge in [0.1, 0.15) is 12.4 Å². The Morgan fingerprint density at radius 2 is 2.15 bits per heavy atom. The van der Waals surface area contributed by atoms with E-state index in [4.69, 9.17) is 22.1 Å². The highest BCUT2D eigenvalue weighted by molar-refractivity contribution is 7.12. The van der Waals surface area contributed by atoms with Crippen LogP contribution in [0, 0.1) is 11.8 Å². The van der Waals surface area contributed by atoms with Crippen molar-refractivity contribution in [3.63, 3.8) is 0 Å².